The van der Waals surface area contributed by atoms with Gasteiger partial charge in [-0.15, -0.1) is 0 Å². The fourth-order valence-corrected chi connectivity index (χ4v) is 5.57. The van der Waals surface area contributed by atoms with Crippen LogP contribution < -0.4 is 11.5 Å². The van der Waals surface area contributed by atoms with E-state index in [0.29, 0.717) is 24.6 Å². The third kappa shape index (κ3) is 5.93. The predicted octanol–water partition coefficient (Wildman–Crippen LogP) is 2.88. The fraction of sp³-hybridized carbons (Fsp3) is 0.500. The highest BCUT2D eigenvalue weighted by atomic mass is 16.2. The van der Waals surface area contributed by atoms with Crippen molar-refractivity contribution in [3.63, 3.8) is 0 Å². The van der Waals surface area contributed by atoms with Gasteiger partial charge in [-0.2, -0.15) is 0 Å². The molecule has 1 aromatic heterocycles. The normalized spacial score (nSPS) is 19.7. The standard InChI is InChI=1S/C28H37N5O3/c1-19-6-4-7-21(18-19)26-22(8-5-14-31-26)28(36)33-15-3-2-9-24(33)20-12-16-32(17-13-20)25(34)11-10-23(29)27(30)35/h4-8,14,18,20,23-24H,2-3,9-13,15-17,29H2,1H3,(H2,30,35)/t23-,24?/m0/s1. The minimum Gasteiger partial charge on any atom is -0.368 e. The molecule has 2 fully saturated rings. The number of nitrogens with zero attached hydrogens (tertiary/aromatic N) is 3. The number of primary amides is 1. The lowest BCUT2D eigenvalue weighted by Gasteiger charge is -2.44. The highest BCUT2D eigenvalue weighted by molar-refractivity contribution is 6.00. The van der Waals surface area contributed by atoms with Crippen LogP contribution in [0.15, 0.2) is 42.6 Å². The summed E-state index contributed by atoms with van der Waals surface area (Å²) in [6.45, 7) is 4.11. The van der Waals surface area contributed by atoms with Crippen LogP contribution in [0.3, 0.4) is 0 Å². The second-order valence-electron chi connectivity index (χ2n) is 10.1. The van der Waals surface area contributed by atoms with Crippen LogP contribution in [-0.2, 0) is 9.59 Å². The molecule has 2 aliphatic heterocycles. The van der Waals surface area contributed by atoms with Crippen LogP contribution >= 0.6 is 0 Å². The second kappa shape index (κ2) is 11.6. The molecule has 4 rings (SSSR count). The molecule has 1 unspecified atom stereocenters. The number of carbonyl (C=O) groups excluding carboxylic acids is 3. The van der Waals surface area contributed by atoms with Crippen molar-refractivity contribution in [3.05, 3.63) is 53.7 Å². The molecular formula is C28H37N5O3. The van der Waals surface area contributed by atoms with Gasteiger partial charge >= 0.3 is 0 Å². The Bertz CT molecular complexity index is 1100. The lowest BCUT2D eigenvalue weighted by molar-refractivity contribution is -0.133. The van der Waals surface area contributed by atoms with Crippen molar-refractivity contribution >= 4 is 17.7 Å². The first-order valence-corrected chi connectivity index (χ1v) is 13.0. The van der Waals surface area contributed by atoms with Crippen LogP contribution in [0.25, 0.3) is 11.3 Å². The van der Waals surface area contributed by atoms with E-state index in [1.807, 2.05) is 42.2 Å². The maximum absolute atomic E-state index is 13.9. The van der Waals surface area contributed by atoms with Gasteiger partial charge in [-0.1, -0.05) is 23.8 Å². The molecule has 2 saturated heterocycles. The van der Waals surface area contributed by atoms with Crippen LogP contribution in [0, 0.1) is 12.8 Å². The summed E-state index contributed by atoms with van der Waals surface area (Å²) in [6, 6.07) is 11.2. The number of piperidine rings is 2. The number of benzene rings is 1. The molecule has 8 nitrogen and oxygen atoms in total. The van der Waals surface area contributed by atoms with Gasteiger partial charge < -0.3 is 21.3 Å². The molecule has 0 radical (unpaired) electrons. The van der Waals surface area contributed by atoms with Crippen molar-refractivity contribution in [2.75, 3.05) is 19.6 Å². The number of amides is 3. The first-order chi connectivity index (χ1) is 17.3. The lowest BCUT2D eigenvalue weighted by atomic mass is 9.83. The van der Waals surface area contributed by atoms with Crippen molar-refractivity contribution in [3.8, 4) is 11.3 Å². The largest absolute Gasteiger partial charge is 0.368 e. The Morgan fingerprint density at radius 1 is 1.06 bits per heavy atom. The third-order valence-electron chi connectivity index (χ3n) is 7.61. The molecule has 2 aliphatic rings. The molecule has 3 heterocycles. The van der Waals surface area contributed by atoms with E-state index in [4.69, 9.17) is 11.5 Å². The maximum atomic E-state index is 13.9. The predicted molar refractivity (Wildman–Crippen MR) is 139 cm³/mol. The van der Waals surface area contributed by atoms with E-state index in [1.54, 1.807) is 6.20 Å². The Kier molecular flexibility index (Phi) is 8.36. The quantitative estimate of drug-likeness (QED) is 0.617. The van der Waals surface area contributed by atoms with Crippen molar-refractivity contribution in [2.24, 2.45) is 17.4 Å². The van der Waals surface area contributed by atoms with E-state index in [-0.39, 0.29) is 30.7 Å². The topological polar surface area (TPSA) is 123 Å². The van der Waals surface area contributed by atoms with Gasteiger partial charge in [0.1, 0.15) is 0 Å². The van der Waals surface area contributed by atoms with Gasteiger partial charge in [0.2, 0.25) is 11.8 Å². The smallest absolute Gasteiger partial charge is 0.256 e. The molecule has 4 N–H and O–H groups in total. The molecule has 0 aliphatic carbocycles. The summed E-state index contributed by atoms with van der Waals surface area (Å²) in [5.74, 6) is -0.170. The zero-order valence-corrected chi connectivity index (χ0v) is 21.1. The first-order valence-electron chi connectivity index (χ1n) is 13.0. The summed E-state index contributed by atoms with van der Waals surface area (Å²) in [6.07, 6.45) is 7.05. The molecule has 192 valence electrons. The van der Waals surface area contributed by atoms with Gasteiger partial charge in [-0.05, 0) is 69.6 Å². The Hall–Kier alpha value is -3.26. The Morgan fingerprint density at radius 3 is 2.56 bits per heavy atom. The summed E-state index contributed by atoms with van der Waals surface area (Å²) < 4.78 is 0. The summed E-state index contributed by atoms with van der Waals surface area (Å²) in [4.78, 5) is 46.1. The highest BCUT2D eigenvalue weighted by Crippen LogP contribution is 2.33. The van der Waals surface area contributed by atoms with E-state index in [1.165, 1.54) is 0 Å². The Labute approximate surface area is 213 Å². The van der Waals surface area contributed by atoms with E-state index in [0.717, 1.165) is 55.5 Å². The fourth-order valence-electron chi connectivity index (χ4n) is 5.57. The molecule has 0 bridgehead atoms. The minimum atomic E-state index is -0.787. The van der Waals surface area contributed by atoms with Crippen LogP contribution in [0.5, 0.6) is 0 Å². The molecule has 0 spiro atoms. The molecule has 36 heavy (non-hydrogen) atoms. The molecule has 2 aromatic rings. The number of likely N-dealkylation sites (tertiary alicyclic amines) is 2. The van der Waals surface area contributed by atoms with Crippen LogP contribution in [0.4, 0.5) is 0 Å². The summed E-state index contributed by atoms with van der Waals surface area (Å²) in [5, 5.41) is 0. The molecular weight excluding hydrogens is 454 g/mol. The average Bonchev–Trinajstić information content (AvgIpc) is 2.91. The highest BCUT2D eigenvalue weighted by Gasteiger charge is 2.36. The van der Waals surface area contributed by atoms with Gasteiger partial charge in [0.15, 0.2) is 0 Å². The number of nitrogens with two attached hydrogens (primary N) is 2. The molecule has 0 saturated carbocycles. The number of hydrogen-bond donors (Lipinski definition) is 2. The van der Waals surface area contributed by atoms with Gasteiger partial charge in [0, 0.05) is 43.9 Å². The first kappa shape index (κ1) is 25.8. The summed E-state index contributed by atoms with van der Waals surface area (Å²) in [7, 11) is 0. The number of carbonyl (C=O) groups is 3. The van der Waals surface area contributed by atoms with Crippen molar-refractivity contribution in [2.45, 2.75) is 64.0 Å². The van der Waals surface area contributed by atoms with Crippen LogP contribution in [0.1, 0.15) is 60.9 Å². The number of hydrogen-bond acceptors (Lipinski definition) is 5. The van der Waals surface area contributed by atoms with Crippen molar-refractivity contribution in [1.82, 2.24) is 14.8 Å². The van der Waals surface area contributed by atoms with Crippen molar-refractivity contribution < 1.29 is 14.4 Å². The van der Waals surface area contributed by atoms with Gasteiger partial charge in [0.25, 0.3) is 5.91 Å². The molecule has 3 amide bonds. The van der Waals surface area contributed by atoms with Crippen LogP contribution in [0.2, 0.25) is 0 Å². The Morgan fingerprint density at radius 2 is 1.83 bits per heavy atom. The lowest BCUT2D eigenvalue weighted by Crippen LogP contribution is -2.51. The van der Waals surface area contributed by atoms with Crippen molar-refractivity contribution in [1.29, 1.82) is 0 Å². The second-order valence-corrected chi connectivity index (χ2v) is 10.1. The summed E-state index contributed by atoms with van der Waals surface area (Å²) >= 11 is 0. The molecule has 8 heteroatoms. The third-order valence-corrected chi connectivity index (χ3v) is 7.61. The number of aromatic nitrogens is 1. The monoisotopic (exact) mass is 491 g/mol. The number of rotatable bonds is 7. The molecule has 2 atom stereocenters. The Balaban J connectivity index is 1.44. The van der Waals surface area contributed by atoms with Gasteiger partial charge in [-0.3, -0.25) is 19.4 Å². The average molecular weight is 492 g/mol. The zero-order valence-electron chi connectivity index (χ0n) is 21.1. The van der Waals surface area contributed by atoms with E-state index in [9.17, 15) is 14.4 Å². The van der Waals surface area contributed by atoms with Crippen LogP contribution in [-0.4, -0.2) is 64.2 Å². The number of pyridine rings is 1. The zero-order chi connectivity index (χ0) is 25.7. The maximum Gasteiger partial charge on any atom is 0.256 e. The van der Waals surface area contributed by atoms with E-state index >= 15 is 0 Å². The van der Waals surface area contributed by atoms with E-state index in [2.05, 4.69) is 16.0 Å². The minimum absolute atomic E-state index is 0.0138. The SMILES string of the molecule is Cc1cccc(-c2ncccc2C(=O)N2CCCCC2C2CCN(C(=O)CC[C@H](N)C(N)=O)CC2)c1. The van der Waals surface area contributed by atoms with E-state index < -0.39 is 11.9 Å². The van der Waals surface area contributed by atoms with Gasteiger partial charge in [-0.25, -0.2) is 0 Å². The van der Waals surface area contributed by atoms with Gasteiger partial charge in [0.05, 0.1) is 17.3 Å². The molecule has 1 aromatic carbocycles. The number of aryl methyl sites for hydroxylation is 1. The summed E-state index contributed by atoms with van der Waals surface area (Å²) in [5.41, 5.74) is 14.3.